The molecule has 0 aliphatic carbocycles. The first-order valence-electron chi connectivity index (χ1n) is 8.59. The molecule has 2 N–H and O–H groups in total. The predicted octanol–water partition coefficient (Wildman–Crippen LogP) is 2.29. The number of esters is 2. The standard InChI is InChI=1S/C18H22ClNO7S/c1-25-13-7-12(21)10-8-28-9-11(17(23)26-2)20-14(22)5-3-4-6-27-18(24)15(10)16(13)19/h7,11,21H,3-6,8-9H2,1-2H3,(H,20,22)/t11-/m0/s1. The van der Waals surface area contributed by atoms with E-state index in [9.17, 15) is 19.5 Å². The molecule has 1 aromatic rings. The molecular weight excluding hydrogens is 410 g/mol. The number of carbonyl (C=O) groups excluding carboxylic acids is 3. The molecule has 1 aromatic carbocycles. The van der Waals surface area contributed by atoms with Crippen molar-refractivity contribution in [2.75, 3.05) is 26.6 Å². The fraction of sp³-hybridized carbons (Fsp3) is 0.500. The highest BCUT2D eigenvalue weighted by molar-refractivity contribution is 7.98. The molecule has 2 rings (SSSR count). The number of hydrogen-bond acceptors (Lipinski definition) is 8. The highest BCUT2D eigenvalue weighted by Crippen LogP contribution is 2.39. The summed E-state index contributed by atoms with van der Waals surface area (Å²) in [5.41, 5.74) is 0.300. The van der Waals surface area contributed by atoms with Crippen LogP contribution in [0.4, 0.5) is 0 Å². The lowest BCUT2D eigenvalue weighted by Gasteiger charge is -2.19. The zero-order valence-corrected chi connectivity index (χ0v) is 17.2. The highest BCUT2D eigenvalue weighted by atomic mass is 35.5. The van der Waals surface area contributed by atoms with Crippen molar-refractivity contribution in [2.45, 2.75) is 31.1 Å². The molecule has 0 fully saturated rings. The SMILES string of the molecule is COC(=O)[C@@H]1CSCc2c(O)cc(OC)c(Cl)c2C(=O)OCCCCC(=O)N1. The first-order chi connectivity index (χ1) is 13.4. The summed E-state index contributed by atoms with van der Waals surface area (Å²) in [7, 11) is 2.62. The average Bonchev–Trinajstić information content (AvgIpc) is 2.67. The highest BCUT2D eigenvalue weighted by Gasteiger charge is 2.26. The third-order valence-corrected chi connectivity index (χ3v) is 5.56. The van der Waals surface area contributed by atoms with E-state index < -0.39 is 18.0 Å². The Kier molecular flexibility index (Phi) is 8.25. The number of amides is 1. The van der Waals surface area contributed by atoms with E-state index in [0.29, 0.717) is 12.8 Å². The number of carbonyl (C=O) groups is 3. The van der Waals surface area contributed by atoms with Gasteiger partial charge in [-0.15, -0.1) is 0 Å². The van der Waals surface area contributed by atoms with Crippen LogP contribution in [0.25, 0.3) is 0 Å². The molecule has 0 aromatic heterocycles. The van der Waals surface area contributed by atoms with Gasteiger partial charge in [-0.25, -0.2) is 9.59 Å². The van der Waals surface area contributed by atoms with Gasteiger partial charge in [0.25, 0.3) is 0 Å². The number of benzene rings is 1. The number of methoxy groups -OCH3 is 2. The van der Waals surface area contributed by atoms with Crippen LogP contribution in [0, 0.1) is 0 Å². The number of hydrogen-bond donors (Lipinski definition) is 2. The third-order valence-electron chi connectivity index (χ3n) is 4.12. The van der Waals surface area contributed by atoms with Crippen LogP contribution in [0.1, 0.15) is 35.2 Å². The van der Waals surface area contributed by atoms with Crippen molar-refractivity contribution in [2.24, 2.45) is 0 Å². The molecule has 0 bridgehead atoms. The van der Waals surface area contributed by atoms with Gasteiger partial charge >= 0.3 is 11.9 Å². The molecule has 0 saturated heterocycles. The van der Waals surface area contributed by atoms with Crippen molar-refractivity contribution in [3.05, 3.63) is 22.2 Å². The van der Waals surface area contributed by atoms with Crippen LogP contribution in [0.2, 0.25) is 5.02 Å². The van der Waals surface area contributed by atoms with Crippen LogP contribution in [-0.4, -0.2) is 55.6 Å². The van der Waals surface area contributed by atoms with Gasteiger partial charge in [0.05, 0.1) is 31.4 Å². The molecule has 1 amide bonds. The maximum absolute atomic E-state index is 12.6. The van der Waals surface area contributed by atoms with Crippen LogP contribution < -0.4 is 10.1 Å². The van der Waals surface area contributed by atoms with Gasteiger partial charge in [-0.3, -0.25) is 4.79 Å². The van der Waals surface area contributed by atoms with Gasteiger partial charge < -0.3 is 24.6 Å². The van der Waals surface area contributed by atoms with Gasteiger partial charge in [0.1, 0.15) is 17.5 Å². The van der Waals surface area contributed by atoms with Gasteiger partial charge in [-0.2, -0.15) is 11.8 Å². The summed E-state index contributed by atoms with van der Waals surface area (Å²) < 4.78 is 15.1. The van der Waals surface area contributed by atoms with Crippen LogP contribution in [0.5, 0.6) is 11.5 Å². The van der Waals surface area contributed by atoms with E-state index in [0.717, 1.165) is 0 Å². The molecule has 8 nitrogen and oxygen atoms in total. The summed E-state index contributed by atoms with van der Waals surface area (Å²) in [6.07, 6.45) is 1.13. The molecule has 1 aliphatic heterocycles. The quantitative estimate of drug-likeness (QED) is 0.686. The maximum Gasteiger partial charge on any atom is 0.340 e. The molecule has 0 saturated carbocycles. The van der Waals surface area contributed by atoms with E-state index in [4.69, 9.17) is 25.8 Å². The maximum atomic E-state index is 12.6. The van der Waals surface area contributed by atoms with E-state index in [1.165, 1.54) is 32.0 Å². The number of phenols is 1. The number of phenolic OH excluding ortho intramolecular Hbond substituents is 1. The number of aromatic hydroxyl groups is 1. The second-order valence-corrected chi connectivity index (χ2v) is 7.43. The average molecular weight is 432 g/mol. The minimum absolute atomic E-state index is 0.0294. The first-order valence-corrected chi connectivity index (χ1v) is 10.1. The van der Waals surface area contributed by atoms with Crippen LogP contribution in [-0.2, 0) is 24.8 Å². The number of thioether (sulfide) groups is 1. The number of nitrogens with one attached hydrogen (secondary N) is 1. The molecular formula is C18H22ClNO7S. The summed E-state index contributed by atoms with van der Waals surface area (Å²) in [5, 5.41) is 13.1. The lowest BCUT2D eigenvalue weighted by atomic mass is 10.1. The van der Waals surface area contributed by atoms with Crippen LogP contribution in [0.15, 0.2) is 6.07 Å². The fourth-order valence-corrected chi connectivity index (χ4v) is 4.04. The fourth-order valence-electron chi connectivity index (χ4n) is 2.65. The Morgan fingerprint density at radius 1 is 1.36 bits per heavy atom. The second kappa shape index (κ2) is 10.4. The third kappa shape index (κ3) is 5.45. The molecule has 0 spiro atoms. The normalized spacial score (nSPS) is 18.9. The van der Waals surface area contributed by atoms with Crippen molar-refractivity contribution in [3.8, 4) is 11.5 Å². The number of halogens is 1. The summed E-state index contributed by atoms with van der Waals surface area (Å²) in [5.74, 6) is -1.20. The van der Waals surface area contributed by atoms with Gasteiger partial charge in [0, 0.05) is 29.6 Å². The van der Waals surface area contributed by atoms with Crippen molar-refractivity contribution in [1.82, 2.24) is 5.32 Å². The number of cyclic esters (lactones) is 1. The van der Waals surface area contributed by atoms with Gasteiger partial charge in [0.15, 0.2) is 0 Å². The minimum atomic E-state index is -0.836. The molecule has 1 heterocycles. The number of rotatable bonds is 2. The Morgan fingerprint density at radius 2 is 2.11 bits per heavy atom. The predicted molar refractivity (Wildman–Crippen MR) is 104 cm³/mol. The van der Waals surface area contributed by atoms with Crippen molar-refractivity contribution >= 4 is 41.2 Å². The zero-order valence-electron chi connectivity index (χ0n) is 15.6. The monoisotopic (exact) mass is 431 g/mol. The second-order valence-electron chi connectivity index (χ2n) is 6.02. The van der Waals surface area contributed by atoms with E-state index in [1.807, 2.05) is 0 Å². The Morgan fingerprint density at radius 3 is 2.79 bits per heavy atom. The topological polar surface area (TPSA) is 111 Å². The molecule has 154 valence electrons. The van der Waals surface area contributed by atoms with E-state index in [1.54, 1.807) is 0 Å². The Balaban J connectivity index is 2.35. The lowest BCUT2D eigenvalue weighted by molar-refractivity contribution is -0.144. The van der Waals surface area contributed by atoms with Crippen LogP contribution >= 0.6 is 23.4 Å². The zero-order chi connectivity index (χ0) is 20.7. The number of ether oxygens (including phenoxy) is 3. The van der Waals surface area contributed by atoms with Gasteiger partial charge in [-0.1, -0.05) is 11.6 Å². The minimum Gasteiger partial charge on any atom is -0.507 e. The van der Waals surface area contributed by atoms with Crippen molar-refractivity contribution in [3.63, 3.8) is 0 Å². The largest absolute Gasteiger partial charge is 0.507 e. The smallest absolute Gasteiger partial charge is 0.340 e. The summed E-state index contributed by atoms with van der Waals surface area (Å²) in [4.78, 5) is 36.5. The van der Waals surface area contributed by atoms with E-state index >= 15 is 0 Å². The van der Waals surface area contributed by atoms with Crippen molar-refractivity contribution < 1.29 is 33.7 Å². The van der Waals surface area contributed by atoms with Crippen molar-refractivity contribution in [1.29, 1.82) is 0 Å². The molecule has 0 unspecified atom stereocenters. The molecule has 1 atom stereocenters. The number of fused-ring (bicyclic) bond motifs is 1. The first kappa shape index (κ1) is 22.2. The summed E-state index contributed by atoms with van der Waals surface area (Å²) >= 11 is 7.52. The lowest BCUT2D eigenvalue weighted by Crippen LogP contribution is -2.43. The molecule has 0 radical (unpaired) electrons. The van der Waals surface area contributed by atoms with Gasteiger partial charge in [-0.05, 0) is 12.8 Å². The molecule has 1 aliphatic rings. The Hall–Kier alpha value is -2.13. The van der Waals surface area contributed by atoms with E-state index in [2.05, 4.69) is 5.32 Å². The molecule has 10 heteroatoms. The summed E-state index contributed by atoms with van der Waals surface area (Å²) in [6, 6.07) is 0.481. The molecule has 28 heavy (non-hydrogen) atoms. The summed E-state index contributed by atoms with van der Waals surface area (Å²) in [6.45, 7) is 0.0907. The Labute approximate surface area is 171 Å². The Bertz CT molecular complexity index is 756. The van der Waals surface area contributed by atoms with Crippen LogP contribution in [0.3, 0.4) is 0 Å². The van der Waals surface area contributed by atoms with E-state index in [-0.39, 0.29) is 58.1 Å². The van der Waals surface area contributed by atoms with Gasteiger partial charge in [0.2, 0.25) is 5.91 Å².